The van der Waals surface area contributed by atoms with E-state index in [0.29, 0.717) is 24.7 Å². The maximum Gasteiger partial charge on any atom is 0.0897 e. The van der Waals surface area contributed by atoms with Gasteiger partial charge in [-0.3, -0.25) is 0 Å². The quantitative estimate of drug-likeness (QED) is 0.700. The average molecular weight is 271 g/mol. The van der Waals surface area contributed by atoms with Gasteiger partial charge in [0, 0.05) is 6.54 Å². The molecule has 0 saturated heterocycles. The van der Waals surface area contributed by atoms with Gasteiger partial charge in [0.25, 0.3) is 0 Å². The summed E-state index contributed by atoms with van der Waals surface area (Å²) in [7, 11) is 0. The van der Waals surface area contributed by atoms with E-state index < -0.39 is 0 Å². The molecule has 1 aliphatic rings. The van der Waals surface area contributed by atoms with E-state index in [0.717, 1.165) is 31.7 Å². The van der Waals surface area contributed by atoms with Crippen LogP contribution in [0.1, 0.15) is 59.8 Å². The van der Waals surface area contributed by atoms with Crippen LogP contribution in [0.25, 0.3) is 0 Å². The topological polar surface area (TPSA) is 41.5 Å². The van der Waals surface area contributed by atoms with Crippen molar-refractivity contribution in [2.75, 3.05) is 19.7 Å². The first-order valence-electron chi connectivity index (χ1n) is 7.87. The summed E-state index contributed by atoms with van der Waals surface area (Å²) in [4.78, 5) is 0. The number of hydrogen-bond acceptors (Lipinski definition) is 3. The lowest BCUT2D eigenvalue weighted by Gasteiger charge is -2.27. The van der Waals surface area contributed by atoms with Crippen LogP contribution in [0.2, 0.25) is 0 Å². The lowest BCUT2D eigenvalue weighted by Crippen LogP contribution is -2.34. The molecule has 0 amide bonds. The zero-order chi connectivity index (χ0) is 14.3. The summed E-state index contributed by atoms with van der Waals surface area (Å²) in [6.07, 6.45) is 6.03. The highest BCUT2D eigenvalue weighted by Gasteiger charge is 2.20. The molecule has 0 aromatic carbocycles. The lowest BCUT2D eigenvalue weighted by atomic mass is 9.89. The third-order valence-electron chi connectivity index (χ3n) is 3.84. The maximum absolute atomic E-state index is 9.89. The third kappa shape index (κ3) is 8.61. The summed E-state index contributed by atoms with van der Waals surface area (Å²) in [5.74, 6) is 0.779. The van der Waals surface area contributed by atoms with Crippen LogP contribution in [0, 0.1) is 11.3 Å². The van der Waals surface area contributed by atoms with Crippen LogP contribution in [-0.4, -0.2) is 37.0 Å². The second kappa shape index (κ2) is 8.23. The zero-order valence-corrected chi connectivity index (χ0v) is 13.2. The van der Waals surface area contributed by atoms with Crippen LogP contribution in [0.4, 0.5) is 0 Å². The Hall–Kier alpha value is -0.120. The van der Waals surface area contributed by atoms with Crippen LogP contribution in [0.3, 0.4) is 0 Å². The molecular weight excluding hydrogens is 238 g/mol. The molecule has 1 saturated carbocycles. The fourth-order valence-corrected chi connectivity index (χ4v) is 2.57. The van der Waals surface area contributed by atoms with E-state index in [2.05, 4.69) is 33.0 Å². The predicted molar refractivity (Wildman–Crippen MR) is 80.3 cm³/mol. The van der Waals surface area contributed by atoms with Gasteiger partial charge < -0.3 is 15.2 Å². The first-order valence-corrected chi connectivity index (χ1v) is 7.87. The van der Waals surface area contributed by atoms with E-state index in [-0.39, 0.29) is 6.10 Å². The minimum atomic E-state index is -0.378. The molecule has 1 aliphatic carbocycles. The number of aliphatic hydroxyl groups excluding tert-OH is 1. The summed E-state index contributed by atoms with van der Waals surface area (Å²) in [6.45, 7) is 11.1. The number of rotatable bonds is 7. The molecular formula is C16H33NO2. The van der Waals surface area contributed by atoms with Crippen LogP contribution in [0.15, 0.2) is 0 Å². The lowest BCUT2D eigenvalue weighted by molar-refractivity contribution is -0.0306. The van der Waals surface area contributed by atoms with Crippen molar-refractivity contribution in [3.8, 4) is 0 Å². The van der Waals surface area contributed by atoms with Gasteiger partial charge in [0.1, 0.15) is 0 Å². The van der Waals surface area contributed by atoms with Crippen LogP contribution in [0.5, 0.6) is 0 Å². The molecule has 3 heteroatoms. The first kappa shape index (κ1) is 16.9. The Morgan fingerprint density at radius 1 is 1.32 bits per heavy atom. The molecule has 19 heavy (non-hydrogen) atoms. The van der Waals surface area contributed by atoms with Crippen molar-refractivity contribution in [1.82, 2.24) is 5.32 Å². The van der Waals surface area contributed by atoms with Crippen LogP contribution >= 0.6 is 0 Å². The molecule has 0 spiro atoms. The second-order valence-electron chi connectivity index (χ2n) is 7.40. The Morgan fingerprint density at radius 3 is 2.68 bits per heavy atom. The summed E-state index contributed by atoms with van der Waals surface area (Å²) < 4.78 is 5.82. The molecule has 1 rings (SSSR count). The van der Waals surface area contributed by atoms with Gasteiger partial charge >= 0.3 is 0 Å². The van der Waals surface area contributed by atoms with E-state index in [1.807, 2.05) is 0 Å². The van der Waals surface area contributed by atoms with Gasteiger partial charge in [-0.2, -0.15) is 0 Å². The standard InChI is InChI=1S/C16H33NO2/c1-13-6-5-7-15(10-13)19-12-14(18)11-17-9-8-16(2,3)4/h13-15,17-18H,5-12H2,1-4H3. The highest BCUT2D eigenvalue weighted by molar-refractivity contribution is 4.71. The molecule has 1 fully saturated rings. The van der Waals surface area contributed by atoms with Crippen molar-refractivity contribution < 1.29 is 9.84 Å². The third-order valence-corrected chi connectivity index (χ3v) is 3.84. The normalized spacial score (nSPS) is 26.4. The molecule has 0 radical (unpaired) electrons. The van der Waals surface area contributed by atoms with E-state index in [4.69, 9.17) is 4.74 Å². The molecule has 0 heterocycles. The van der Waals surface area contributed by atoms with E-state index in [9.17, 15) is 5.11 Å². The van der Waals surface area contributed by atoms with E-state index in [1.165, 1.54) is 12.8 Å². The Morgan fingerprint density at radius 2 is 2.05 bits per heavy atom. The summed E-state index contributed by atoms with van der Waals surface area (Å²) in [6, 6.07) is 0. The Labute approximate surface area is 119 Å². The molecule has 0 aromatic heterocycles. The summed E-state index contributed by atoms with van der Waals surface area (Å²) in [5.41, 5.74) is 0.354. The van der Waals surface area contributed by atoms with Crippen molar-refractivity contribution in [3.05, 3.63) is 0 Å². The molecule has 3 unspecified atom stereocenters. The van der Waals surface area contributed by atoms with Crippen molar-refractivity contribution in [2.24, 2.45) is 11.3 Å². The summed E-state index contributed by atoms with van der Waals surface area (Å²) in [5, 5.41) is 13.2. The van der Waals surface area contributed by atoms with Gasteiger partial charge in [-0.1, -0.05) is 40.5 Å². The Balaban J connectivity index is 2.03. The van der Waals surface area contributed by atoms with Crippen LogP contribution < -0.4 is 5.32 Å². The number of ether oxygens (including phenoxy) is 1. The average Bonchev–Trinajstić information content (AvgIpc) is 2.31. The molecule has 3 atom stereocenters. The fourth-order valence-electron chi connectivity index (χ4n) is 2.57. The molecule has 114 valence electrons. The highest BCUT2D eigenvalue weighted by Crippen LogP contribution is 2.25. The summed E-state index contributed by atoms with van der Waals surface area (Å²) >= 11 is 0. The first-order chi connectivity index (χ1) is 8.87. The van der Waals surface area contributed by atoms with Crippen molar-refractivity contribution >= 4 is 0 Å². The predicted octanol–water partition coefficient (Wildman–Crippen LogP) is 2.97. The SMILES string of the molecule is CC1CCCC(OCC(O)CNCCC(C)(C)C)C1. The second-order valence-corrected chi connectivity index (χ2v) is 7.40. The smallest absolute Gasteiger partial charge is 0.0897 e. The highest BCUT2D eigenvalue weighted by atomic mass is 16.5. The number of aliphatic hydroxyl groups is 1. The van der Waals surface area contributed by atoms with Crippen molar-refractivity contribution in [3.63, 3.8) is 0 Å². The monoisotopic (exact) mass is 271 g/mol. The molecule has 0 aliphatic heterocycles. The maximum atomic E-state index is 9.89. The van der Waals surface area contributed by atoms with E-state index >= 15 is 0 Å². The van der Waals surface area contributed by atoms with Gasteiger partial charge in [-0.05, 0) is 37.1 Å². The van der Waals surface area contributed by atoms with Gasteiger partial charge in [0.2, 0.25) is 0 Å². The van der Waals surface area contributed by atoms with Gasteiger partial charge in [0.05, 0.1) is 18.8 Å². The van der Waals surface area contributed by atoms with Gasteiger partial charge in [-0.15, -0.1) is 0 Å². The minimum absolute atomic E-state index is 0.354. The molecule has 3 nitrogen and oxygen atoms in total. The zero-order valence-electron chi connectivity index (χ0n) is 13.2. The Bertz CT molecular complexity index is 237. The van der Waals surface area contributed by atoms with Gasteiger partial charge in [0.15, 0.2) is 0 Å². The van der Waals surface area contributed by atoms with Crippen LogP contribution in [-0.2, 0) is 4.74 Å². The van der Waals surface area contributed by atoms with Gasteiger partial charge in [-0.25, -0.2) is 0 Å². The van der Waals surface area contributed by atoms with E-state index in [1.54, 1.807) is 0 Å². The molecule has 0 aromatic rings. The molecule has 2 N–H and O–H groups in total. The Kier molecular flexibility index (Phi) is 7.33. The minimum Gasteiger partial charge on any atom is -0.389 e. The van der Waals surface area contributed by atoms with Crippen molar-refractivity contribution in [1.29, 1.82) is 0 Å². The molecule has 0 bridgehead atoms. The largest absolute Gasteiger partial charge is 0.389 e. The number of nitrogens with one attached hydrogen (secondary N) is 1. The fraction of sp³-hybridized carbons (Fsp3) is 1.00. The number of hydrogen-bond donors (Lipinski definition) is 2. The van der Waals surface area contributed by atoms with Crippen molar-refractivity contribution in [2.45, 2.75) is 72.0 Å².